The Labute approximate surface area is 351 Å². The molecule has 57 heavy (non-hydrogen) atoms. The first-order valence-electron chi connectivity index (χ1n) is 24.6. The first-order valence-corrected chi connectivity index (χ1v) is 18.6. The van der Waals surface area contributed by atoms with Gasteiger partial charge in [0.1, 0.15) is 0 Å². The Morgan fingerprint density at radius 1 is 0.281 bits per heavy atom. The van der Waals surface area contributed by atoms with Crippen LogP contribution in [0.15, 0.2) is 236 Å². The highest BCUT2D eigenvalue weighted by molar-refractivity contribution is 6.04. The smallest absolute Gasteiger partial charge is 0.0645 e. The second kappa shape index (κ2) is 15.0. The maximum Gasteiger partial charge on any atom is 0.0645 e. The van der Waals surface area contributed by atoms with Crippen LogP contribution in [0, 0.1) is 0 Å². The van der Waals surface area contributed by atoms with E-state index in [0.717, 1.165) is 37.7 Å². The third-order valence-corrected chi connectivity index (χ3v) is 10.1. The van der Waals surface area contributed by atoms with Gasteiger partial charge in [-0.05, 0) is 120 Å². The normalized spacial score (nSPS) is 14.1. The maximum absolute atomic E-state index is 9.77. The summed E-state index contributed by atoms with van der Waals surface area (Å²) in [5.74, 6) is 0. The SMILES string of the molecule is [2H]c1c([2H])c(N(c2c([2H])c([2H])c(-c3ccc4ccccc4c3-c3ccccc3)c([2H])c2[2H])c2c([2H])c([2H])c(-c3cccc4ccccc34)c([2H])c2[2H])c([2H])c([2H])c1-c1cccc(-c2ccccc2)c1. The van der Waals surface area contributed by atoms with Crippen LogP contribution in [0.5, 0.6) is 0 Å². The highest BCUT2D eigenvalue weighted by Crippen LogP contribution is 2.42. The summed E-state index contributed by atoms with van der Waals surface area (Å²) >= 11 is 0. The number of anilines is 3. The van der Waals surface area contributed by atoms with Gasteiger partial charge in [0, 0.05) is 17.1 Å². The first kappa shape index (κ1) is 23.4. The predicted octanol–water partition coefficient (Wildman–Crippen LogP) is 15.8. The van der Waals surface area contributed by atoms with Crippen molar-refractivity contribution in [3.05, 3.63) is 236 Å². The molecule has 1 heteroatoms. The summed E-state index contributed by atoms with van der Waals surface area (Å²) in [6.07, 6.45) is 0. The van der Waals surface area contributed by atoms with E-state index in [-0.39, 0.29) is 16.7 Å². The number of benzene rings is 10. The van der Waals surface area contributed by atoms with Crippen LogP contribution in [-0.2, 0) is 0 Å². The minimum Gasteiger partial charge on any atom is -0.311 e. The lowest BCUT2D eigenvalue weighted by Gasteiger charge is -2.26. The van der Waals surface area contributed by atoms with Gasteiger partial charge in [-0.25, -0.2) is 0 Å². The van der Waals surface area contributed by atoms with E-state index in [1.54, 1.807) is 42.5 Å². The van der Waals surface area contributed by atoms with Crippen LogP contribution in [0.2, 0.25) is 0 Å². The van der Waals surface area contributed by atoms with E-state index in [9.17, 15) is 16.4 Å². The quantitative estimate of drug-likeness (QED) is 0.150. The summed E-state index contributed by atoms with van der Waals surface area (Å²) in [7, 11) is 0. The molecule has 0 saturated carbocycles. The van der Waals surface area contributed by atoms with Crippen LogP contribution in [-0.4, -0.2) is 0 Å². The minimum absolute atomic E-state index is 0.0432. The minimum atomic E-state index is -0.676. The zero-order valence-corrected chi connectivity index (χ0v) is 30.5. The van der Waals surface area contributed by atoms with Crippen molar-refractivity contribution >= 4 is 38.6 Å². The average Bonchev–Trinajstić information content (AvgIpc) is 3.37. The van der Waals surface area contributed by atoms with Gasteiger partial charge in [-0.3, -0.25) is 0 Å². The Hall–Kier alpha value is -7.48. The van der Waals surface area contributed by atoms with Crippen LogP contribution in [0.3, 0.4) is 0 Å². The molecule has 268 valence electrons. The molecule has 0 heterocycles. The molecule has 0 amide bonds. The van der Waals surface area contributed by atoms with E-state index in [1.807, 2.05) is 121 Å². The van der Waals surface area contributed by atoms with Crippen molar-refractivity contribution in [1.29, 1.82) is 0 Å². The van der Waals surface area contributed by atoms with Crippen LogP contribution in [0.25, 0.3) is 77.2 Å². The molecule has 10 aromatic carbocycles. The monoisotopic (exact) mass is 737 g/mol. The second-order valence-corrected chi connectivity index (χ2v) is 13.6. The zero-order valence-electron chi connectivity index (χ0n) is 42.5. The first-order chi connectivity index (χ1) is 33.3. The molecule has 10 rings (SSSR count). The molecule has 0 atom stereocenters. The molecule has 0 unspecified atom stereocenters. The van der Waals surface area contributed by atoms with Crippen molar-refractivity contribution in [3.63, 3.8) is 0 Å². The number of hydrogen-bond donors (Lipinski definition) is 0. The molecule has 0 radical (unpaired) electrons. The van der Waals surface area contributed by atoms with Crippen LogP contribution < -0.4 is 4.90 Å². The summed E-state index contributed by atoms with van der Waals surface area (Å²) in [5.41, 5.74) is 2.30. The fourth-order valence-corrected chi connectivity index (χ4v) is 7.33. The molecule has 1 nitrogen and oxygen atoms in total. The predicted molar refractivity (Wildman–Crippen MR) is 243 cm³/mol. The summed E-state index contributed by atoms with van der Waals surface area (Å²) in [5, 5.41) is 3.14. The van der Waals surface area contributed by atoms with E-state index in [0.29, 0.717) is 27.6 Å². The van der Waals surface area contributed by atoms with Gasteiger partial charge >= 0.3 is 0 Å². The van der Waals surface area contributed by atoms with Crippen molar-refractivity contribution in [2.24, 2.45) is 0 Å². The Kier molecular flexibility index (Phi) is 6.16. The third kappa shape index (κ3) is 6.66. The van der Waals surface area contributed by atoms with Crippen molar-refractivity contribution in [2.75, 3.05) is 4.90 Å². The van der Waals surface area contributed by atoms with Gasteiger partial charge in [-0.15, -0.1) is 0 Å². The molecule has 0 fully saturated rings. The highest BCUT2D eigenvalue weighted by atomic mass is 15.1. The highest BCUT2D eigenvalue weighted by Gasteiger charge is 2.16. The molecule has 10 aromatic rings. The van der Waals surface area contributed by atoms with E-state index in [2.05, 4.69) is 0 Å². The summed E-state index contributed by atoms with van der Waals surface area (Å²) in [4.78, 5) is 0.863. The molecular formula is C56H39N. The van der Waals surface area contributed by atoms with Crippen molar-refractivity contribution in [1.82, 2.24) is 0 Å². The van der Waals surface area contributed by atoms with E-state index in [4.69, 9.17) is 0 Å². The van der Waals surface area contributed by atoms with Crippen LogP contribution in [0.4, 0.5) is 17.1 Å². The molecule has 0 aliphatic heterocycles. The Bertz CT molecular complexity index is 3620. The van der Waals surface area contributed by atoms with Gasteiger partial charge in [-0.2, -0.15) is 0 Å². The zero-order chi connectivity index (χ0) is 48.4. The molecule has 0 aliphatic carbocycles. The molecule has 0 aliphatic rings. The Morgan fingerprint density at radius 2 is 0.719 bits per heavy atom. The lowest BCUT2D eigenvalue weighted by Crippen LogP contribution is -2.09. The van der Waals surface area contributed by atoms with Gasteiger partial charge in [0.05, 0.1) is 16.4 Å². The maximum atomic E-state index is 9.77. The standard InChI is InChI=1S/C56H39N/c1-3-13-40(14-4-1)47-20-11-21-48(39-47)41-25-32-49(33-26-41)57(50-34-27-44(28-35-50)53-24-12-19-42-15-7-9-22-52(42)53)51-36-29-45(30-37-51)55-38-31-43-16-8-10-23-54(43)56(55)46-17-5-2-6-18-46/h1-39H/i25D,26D,27D,28D,29D,30D,32D,33D,34D,35D,36D,37D. The lowest BCUT2D eigenvalue weighted by atomic mass is 9.90. The number of fused-ring (bicyclic) bond motifs is 2. The molecule has 0 saturated heterocycles. The van der Waals surface area contributed by atoms with Gasteiger partial charge < -0.3 is 4.90 Å². The molecule has 0 N–H and O–H groups in total. The Morgan fingerprint density at radius 3 is 1.35 bits per heavy atom. The largest absolute Gasteiger partial charge is 0.311 e. The molecule has 0 bridgehead atoms. The van der Waals surface area contributed by atoms with Gasteiger partial charge in [0.2, 0.25) is 0 Å². The van der Waals surface area contributed by atoms with Gasteiger partial charge in [0.15, 0.2) is 0 Å². The van der Waals surface area contributed by atoms with E-state index < -0.39 is 89.6 Å². The molecule has 0 spiro atoms. The van der Waals surface area contributed by atoms with Crippen molar-refractivity contribution in [3.8, 4) is 55.6 Å². The summed E-state index contributed by atoms with van der Waals surface area (Å²) in [6, 6.07) is 42.6. The van der Waals surface area contributed by atoms with Crippen LogP contribution >= 0.6 is 0 Å². The van der Waals surface area contributed by atoms with E-state index >= 15 is 0 Å². The van der Waals surface area contributed by atoms with Crippen molar-refractivity contribution in [2.45, 2.75) is 0 Å². The number of nitrogens with zero attached hydrogens (tertiary/aromatic N) is 1. The summed E-state index contributed by atoms with van der Waals surface area (Å²) in [6.45, 7) is 0. The second-order valence-electron chi connectivity index (χ2n) is 13.6. The Balaban J connectivity index is 1.27. The van der Waals surface area contributed by atoms with Gasteiger partial charge in [-0.1, -0.05) is 194 Å². The van der Waals surface area contributed by atoms with Gasteiger partial charge in [0.25, 0.3) is 0 Å². The number of hydrogen-bond acceptors (Lipinski definition) is 1. The molecular weight excluding hydrogens is 687 g/mol. The fourth-order valence-electron chi connectivity index (χ4n) is 7.33. The third-order valence-electron chi connectivity index (χ3n) is 10.1. The van der Waals surface area contributed by atoms with Crippen LogP contribution in [0.1, 0.15) is 16.4 Å². The van der Waals surface area contributed by atoms with E-state index in [1.165, 1.54) is 0 Å². The average molecular weight is 738 g/mol. The lowest BCUT2D eigenvalue weighted by molar-refractivity contribution is 1.28. The summed E-state index contributed by atoms with van der Waals surface area (Å²) < 4.78 is 115. The topological polar surface area (TPSA) is 3.24 Å². The fraction of sp³-hybridized carbons (Fsp3) is 0. The van der Waals surface area contributed by atoms with Crippen molar-refractivity contribution < 1.29 is 16.4 Å². The number of rotatable bonds is 8. The molecule has 0 aromatic heterocycles.